The predicted molar refractivity (Wildman–Crippen MR) is 27.0 cm³/mol. The number of rotatable bonds is 0. The van der Waals surface area contributed by atoms with E-state index in [1.54, 1.807) is 0 Å². The molecule has 0 heterocycles. The Morgan fingerprint density at radius 2 is 0.857 bits per heavy atom. The smallest absolute Gasteiger partial charge is 0 e. The van der Waals surface area contributed by atoms with Crippen molar-refractivity contribution >= 4 is 39.4 Å². The van der Waals surface area contributed by atoms with Crippen LogP contribution >= 0.6 is 39.4 Å². The van der Waals surface area contributed by atoms with Crippen molar-refractivity contribution in [1.82, 2.24) is 0 Å². The average Bonchev–Trinajstić information content (AvgIpc) is 0.722. The summed E-state index contributed by atoms with van der Waals surface area (Å²) in [5.41, 5.74) is 0. The molecule has 0 aliphatic carbocycles. The SMILES string of the molecule is O.[Cl][V]([Cl])([Cl])[Cl].[V]. The van der Waals surface area contributed by atoms with E-state index in [-0.39, 0.29) is 24.0 Å². The van der Waals surface area contributed by atoms with Crippen LogP contribution < -0.4 is 0 Å². The molecule has 0 fully saturated rings. The third kappa shape index (κ3) is 62.6. The van der Waals surface area contributed by atoms with Gasteiger partial charge in [-0.3, -0.25) is 0 Å². The fourth-order valence-corrected chi connectivity index (χ4v) is 0. The van der Waals surface area contributed by atoms with Gasteiger partial charge in [0.2, 0.25) is 0 Å². The molecule has 0 rings (SSSR count). The van der Waals surface area contributed by atoms with Crippen molar-refractivity contribution in [2.24, 2.45) is 0 Å². The van der Waals surface area contributed by atoms with Crippen molar-refractivity contribution in [1.29, 1.82) is 0 Å². The third-order valence-electron chi connectivity index (χ3n) is 0. The fraction of sp³-hybridized carbons (Fsp3) is 0. The monoisotopic (exact) mass is 260 g/mol. The molecule has 0 spiro atoms. The molecule has 0 bridgehead atoms. The van der Waals surface area contributed by atoms with Crippen LogP contribution in [-0.4, -0.2) is 5.48 Å². The van der Waals surface area contributed by atoms with E-state index in [2.05, 4.69) is 0 Å². The van der Waals surface area contributed by atoms with Crippen molar-refractivity contribution in [2.45, 2.75) is 0 Å². The minimum atomic E-state index is -2.99. The van der Waals surface area contributed by atoms with Crippen LogP contribution in [0.2, 0.25) is 0 Å². The average molecular weight is 262 g/mol. The van der Waals surface area contributed by atoms with Gasteiger partial charge in [0.1, 0.15) is 0 Å². The van der Waals surface area contributed by atoms with Crippen LogP contribution in [0.4, 0.5) is 0 Å². The van der Waals surface area contributed by atoms with E-state index < -0.39 is 10.2 Å². The Morgan fingerprint density at radius 1 is 0.857 bits per heavy atom. The number of hydrogen-bond donors (Lipinski definition) is 0. The molecule has 0 saturated heterocycles. The molecule has 1 nitrogen and oxygen atoms in total. The summed E-state index contributed by atoms with van der Waals surface area (Å²) in [6.45, 7) is 0. The van der Waals surface area contributed by atoms with Crippen LogP contribution in [0.3, 0.4) is 0 Å². The summed E-state index contributed by atoms with van der Waals surface area (Å²) >= 11 is 0. The Bertz CT molecular complexity index is 25.2. The van der Waals surface area contributed by atoms with E-state index >= 15 is 0 Å². The number of hydrogen-bond acceptors (Lipinski definition) is 0. The molecule has 1 radical (unpaired) electrons. The first-order valence-corrected chi connectivity index (χ1v) is 8.36. The number of halogens is 4. The molecule has 0 aromatic heterocycles. The van der Waals surface area contributed by atoms with E-state index in [1.807, 2.05) is 0 Å². The maximum Gasteiger partial charge on any atom is 0 e. The van der Waals surface area contributed by atoms with Crippen molar-refractivity contribution < 1.29 is 34.2 Å². The van der Waals surface area contributed by atoms with E-state index in [1.165, 1.54) is 0 Å². The zero-order valence-electron chi connectivity index (χ0n) is 2.91. The second-order valence-electron chi connectivity index (χ2n) is 0.383. The summed E-state index contributed by atoms with van der Waals surface area (Å²) < 4.78 is 0. The standard InChI is InChI=1S/4ClH.H2O.2V/h4*1H;1H2;;/q;;;;;;+4/p-4. The van der Waals surface area contributed by atoms with Crippen LogP contribution in [0.25, 0.3) is 0 Å². The predicted octanol–water partition coefficient (Wildman–Crippen LogP) is 1.93. The third-order valence-corrected chi connectivity index (χ3v) is 0. The van der Waals surface area contributed by atoms with Crippen LogP contribution in [0.5, 0.6) is 0 Å². The Hall–Kier alpha value is 2.29. The van der Waals surface area contributed by atoms with Gasteiger partial charge in [0.25, 0.3) is 0 Å². The molecule has 0 unspecified atom stereocenters. The van der Waals surface area contributed by atoms with Crippen molar-refractivity contribution in [3.63, 3.8) is 0 Å². The summed E-state index contributed by atoms with van der Waals surface area (Å²) in [4.78, 5) is 0. The van der Waals surface area contributed by atoms with E-state index in [9.17, 15) is 0 Å². The zero-order valence-corrected chi connectivity index (χ0v) is 8.72. The molecule has 0 amide bonds. The molecule has 2 N–H and O–H groups in total. The van der Waals surface area contributed by atoms with Crippen molar-refractivity contribution in [3.05, 3.63) is 0 Å². The first kappa shape index (κ1) is 16.1. The largest absolute Gasteiger partial charge is 0 e. The molecule has 46 valence electrons. The van der Waals surface area contributed by atoms with Gasteiger partial charge < -0.3 is 5.48 Å². The Labute approximate surface area is 72.9 Å². The Balaban J connectivity index is -0.0000000800. The van der Waals surface area contributed by atoms with Gasteiger partial charge in [0.15, 0.2) is 0 Å². The van der Waals surface area contributed by atoms with Gasteiger partial charge >= 0.3 is 49.6 Å². The van der Waals surface area contributed by atoms with Gasteiger partial charge in [0, 0.05) is 18.6 Å². The zero-order chi connectivity index (χ0) is 4.50. The van der Waals surface area contributed by atoms with Gasteiger partial charge in [-0.05, 0) is 0 Å². The van der Waals surface area contributed by atoms with Gasteiger partial charge in [-0.2, -0.15) is 0 Å². The van der Waals surface area contributed by atoms with Crippen LogP contribution in [0, 0.1) is 0 Å². The summed E-state index contributed by atoms with van der Waals surface area (Å²) in [5, 5.41) is 0. The second kappa shape index (κ2) is 6.41. The minimum Gasteiger partial charge on any atom is 0 e. The van der Waals surface area contributed by atoms with E-state index in [4.69, 9.17) is 39.4 Å². The molecule has 7 heavy (non-hydrogen) atoms. The molecule has 0 aromatic rings. The molecular weight excluding hydrogens is 260 g/mol. The summed E-state index contributed by atoms with van der Waals surface area (Å²) in [6.07, 6.45) is 0. The van der Waals surface area contributed by atoms with E-state index in [0.29, 0.717) is 0 Å². The Morgan fingerprint density at radius 3 is 0.857 bits per heavy atom. The van der Waals surface area contributed by atoms with Crippen LogP contribution in [0.15, 0.2) is 0 Å². The normalized spacial score (nSPS) is 8.57. The molecule has 0 aliphatic heterocycles. The van der Waals surface area contributed by atoms with Crippen LogP contribution in [0.1, 0.15) is 0 Å². The molecule has 0 aromatic carbocycles. The van der Waals surface area contributed by atoms with Gasteiger partial charge in [0.05, 0.1) is 0 Å². The minimum absolute atomic E-state index is 0. The molecule has 7 heteroatoms. The first-order chi connectivity index (χ1) is 2.00. The summed E-state index contributed by atoms with van der Waals surface area (Å²) in [5.74, 6) is 0. The van der Waals surface area contributed by atoms with Gasteiger partial charge in [-0.15, -0.1) is 0 Å². The topological polar surface area (TPSA) is 31.5 Å². The quantitative estimate of drug-likeness (QED) is 0.638. The summed E-state index contributed by atoms with van der Waals surface area (Å²) in [7, 11) is 17.0. The van der Waals surface area contributed by atoms with Gasteiger partial charge in [-0.25, -0.2) is 0 Å². The maximum absolute atomic E-state index is 5.00. The molecule has 0 saturated carbocycles. The van der Waals surface area contributed by atoms with Crippen molar-refractivity contribution in [2.75, 3.05) is 0 Å². The summed E-state index contributed by atoms with van der Waals surface area (Å²) in [6, 6.07) is 0. The first-order valence-electron chi connectivity index (χ1n) is 0.676. The molecule has 0 atom stereocenters. The van der Waals surface area contributed by atoms with Crippen LogP contribution in [-0.2, 0) is 28.7 Å². The Kier molecular flexibility index (Phi) is 14.8. The molecule has 0 aliphatic rings. The van der Waals surface area contributed by atoms with E-state index in [0.717, 1.165) is 0 Å². The molecular formula is H2Cl4OV2. The van der Waals surface area contributed by atoms with Crippen molar-refractivity contribution in [3.8, 4) is 0 Å². The second-order valence-corrected chi connectivity index (χ2v) is 14.2. The fourth-order valence-electron chi connectivity index (χ4n) is 0. The van der Waals surface area contributed by atoms with Gasteiger partial charge in [-0.1, -0.05) is 0 Å². The maximum atomic E-state index is 5.00.